The van der Waals surface area contributed by atoms with Gasteiger partial charge in [0.05, 0.1) is 5.56 Å². The molecule has 7 heteroatoms. The van der Waals surface area contributed by atoms with Crippen molar-refractivity contribution in [2.24, 2.45) is 11.7 Å². The number of amides is 2. The summed E-state index contributed by atoms with van der Waals surface area (Å²) in [6.45, 7) is 4.67. The van der Waals surface area contributed by atoms with Crippen LogP contribution in [0, 0.1) is 11.7 Å². The number of hydrogen-bond donors (Lipinski definition) is 3. The van der Waals surface area contributed by atoms with Gasteiger partial charge in [-0.3, -0.25) is 9.59 Å². The van der Waals surface area contributed by atoms with E-state index < -0.39 is 11.7 Å². The van der Waals surface area contributed by atoms with Crippen molar-refractivity contribution in [1.82, 2.24) is 5.32 Å². The lowest BCUT2D eigenvalue weighted by atomic mass is 9.98. The van der Waals surface area contributed by atoms with E-state index in [1.807, 2.05) is 32.0 Å². The van der Waals surface area contributed by atoms with E-state index in [2.05, 4.69) is 5.32 Å². The molecule has 3 aromatic carbocycles. The first-order chi connectivity index (χ1) is 16.2. The van der Waals surface area contributed by atoms with Gasteiger partial charge in [-0.25, -0.2) is 4.39 Å². The number of fused-ring (bicyclic) bond motifs is 1. The van der Waals surface area contributed by atoms with Gasteiger partial charge in [0.25, 0.3) is 11.8 Å². The van der Waals surface area contributed by atoms with Crippen molar-refractivity contribution in [2.45, 2.75) is 20.3 Å². The molecule has 1 heterocycles. The average molecular weight is 460 g/mol. The molecule has 34 heavy (non-hydrogen) atoms. The van der Waals surface area contributed by atoms with Gasteiger partial charge in [0.15, 0.2) is 0 Å². The standard InChI is InChI=1S/C27H26FN3O3/c1-15(2)14-31-27(33)18-5-3-4-16(10-18)11-19-12-21-23(13-22(19)29)34-25(24(21)26(30)32)17-6-8-20(28)9-7-17/h3-10,12-13,15H,11,14,29H2,1-2H3,(H2,30,32)(H,31,33). The molecule has 0 aliphatic rings. The minimum atomic E-state index is -0.655. The number of nitrogens with two attached hydrogens (primary N) is 2. The van der Waals surface area contributed by atoms with Gasteiger partial charge in [0.1, 0.15) is 17.2 Å². The van der Waals surface area contributed by atoms with Gasteiger partial charge in [-0.15, -0.1) is 0 Å². The molecule has 0 spiro atoms. The van der Waals surface area contributed by atoms with E-state index in [1.54, 1.807) is 18.2 Å². The van der Waals surface area contributed by atoms with Gasteiger partial charge in [-0.05, 0) is 65.9 Å². The highest BCUT2D eigenvalue weighted by Crippen LogP contribution is 2.36. The van der Waals surface area contributed by atoms with Crippen molar-refractivity contribution in [2.75, 3.05) is 12.3 Å². The molecular formula is C27H26FN3O3. The molecule has 0 bridgehead atoms. The lowest BCUT2D eigenvalue weighted by molar-refractivity contribution is 0.0947. The first-order valence-electron chi connectivity index (χ1n) is 11.0. The van der Waals surface area contributed by atoms with Gasteiger partial charge < -0.3 is 21.2 Å². The number of halogens is 1. The van der Waals surface area contributed by atoms with Crippen LogP contribution in [0.4, 0.5) is 10.1 Å². The summed E-state index contributed by atoms with van der Waals surface area (Å²) in [7, 11) is 0. The summed E-state index contributed by atoms with van der Waals surface area (Å²) >= 11 is 0. The Morgan fingerprint density at radius 3 is 2.47 bits per heavy atom. The Kier molecular flexibility index (Phi) is 6.36. The van der Waals surface area contributed by atoms with E-state index in [4.69, 9.17) is 15.9 Å². The van der Waals surface area contributed by atoms with Crippen LogP contribution in [0.15, 0.2) is 65.1 Å². The van der Waals surface area contributed by atoms with Gasteiger partial charge in [-0.1, -0.05) is 26.0 Å². The summed E-state index contributed by atoms with van der Waals surface area (Å²) in [6.07, 6.45) is 0.447. The van der Waals surface area contributed by atoms with E-state index in [1.165, 1.54) is 24.3 Å². The molecule has 0 radical (unpaired) electrons. The Balaban J connectivity index is 1.71. The van der Waals surface area contributed by atoms with Gasteiger partial charge in [0, 0.05) is 34.8 Å². The van der Waals surface area contributed by atoms with Crippen LogP contribution in [0.5, 0.6) is 0 Å². The molecule has 0 saturated carbocycles. The largest absolute Gasteiger partial charge is 0.455 e. The minimum Gasteiger partial charge on any atom is -0.455 e. The zero-order valence-electron chi connectivity index (χ0n) is 19.0. The minimum absolute atomic E-state index is 0.131. The molecular weight excluding hydrogens is 433 g/mol. The number of rotatable bonds is 7. The molecule has 4 aromatic rings. The number of carbonyl (C=O) groups is 2. The van der Waals surface area contributed by atoms with E-state index in [9.17, 15) is 14.0 Å². The second kappa shape index (κ2) is 9.39. The van der Waals surface area contributed by atoms with Crippen LogP contribution in [0.1, 0.15) is 45.7 Å². The maximum Gasteiger partial charge on any atom is 0.253 e. The average Bonchev–Trinajstić information content (AvgIpc) is 3.16. The smallest absolute Gasteiger partial charge is 0.253 e. The number of hydrogen-bond acceptors (Lipinski definition) is 4. The van der Waals surface area contributed by atoms with Crippen LogP contribution < -0.4 is 16.8 Å². The van der Waals surface area contributed by atoms with Gasteiger partial charge >= 0.3 is 0 Å². The van der Waals surface area contributed by atoms with Gasteiger partial charge in [0.2, 0.25) is 0 Å². The molecule has 0 fully saturated rings. The third-order valence-electron chi connectivity index (χ3n) is 5.56. The van der Waals surface area contributed by atoms with Crippen molar-refractivity contribution >= 4 is 28.5 Å². The molecule has 1 aromatic heterocycles. The molecule has 0 saturated heterocycles. The summed E-state index contributed by atoms with van der Waals surface area (Å²) in [5.74, 6) is -0.561. The number of primary amides is 1. The fourth-order valence-electron chi connectivity index (χ4n) is 3.85. The van der Waals surface area contributed by atoms with Crippen molar-refractivity contribution in [3.63, 3.8) is 0 Å². The van der Waals surface area contributed by atoms with Crippen molar-refractivity contribution in [3.8, 4) is 11.3 Å². The van der Waals surface area contributed by atoms with Crippen molar-refractivity contribution in [1.29, 1.82) is 0 Å². The van der Waals surface area contributed by atoms with Gasteiger partial charge in [-0.2, -0.15) is 0 Å². The van der Waals surface area contributed by atoms with Crippen LogP contribution in [-0.4, -0.2) is 18.4 Å². The Morgan fingerprint density at radius 1 is 1.06 bits per heavy atom. The number of nitrogens with one attached hydrogen (secondary N) is 1. The number of carbonyl (C=O) groups excluding carboxylic acids is 2. The van der Waals surface area contributed by atoms with Crippen LogP contribution in [-0.2, 0) is 6.42 Å². The lowest BCUT2D eigenvalue weighted by Crippen LogP contribution is -2.27. The topological polar surface area (TPSA) is 111 Å². The monoisotopic (exact) mass is 459 g/mol. The van der Waals surface area contributed by atoms with Crippen molar-refractivity contribution in [3.05, 3.63) is 88.7 Å². The zero-order chi connectivity index (χ0) is 24.4. The highest BCUT2D eigenvalue weighted by atomic mass is 19.1. The zero-order valence-corrected chi connectivity index (χ0v) is 19.0. The predicted molar refractivity (Wildman–Crippen MR) is 131 cm³/mol. The third-order valence-corrected chi connectivity index (χ3v) is 5.56. The van der Waals surface area contributed by atoms with E-state index in [0.717, 1.165) is 11.1 Å². The summed E-state index contributed by atoms with van der Waals surface area (Å²) in [5.41, 5.74) is 15.9. The predicted octanol–water partition coefficient (Wildman–Crippen LogP) is 4.90. The summed E-state index contributed by atoms with van der Waals surface area (Å²) < 4.78 is 19.3. The second-order valence-electron chi connectivity index (χ2n) is 8.71. The van der Waals surface area contributed by atoms with E-state index in [0.29, 0.717) is 46.7 Å². The second-order valence-corrected chi connectivity index (χ2v) is 8.71. The Hall–Kier alpha value is -4.13. The summed E-state index contributed by atoms with van der Waals surface area (Å²) in [4.78, 5) is 24.8. The molecule has 0 atom stereocenters. The molecule has 0 unspecified atom stereocenters. The SMILES string of the molecule is CC(C)CNC(=O)c1cccc(Cc2cc3c(C(N)=O)c(-c4ccc(F)cc4)oc3cc2N)c1. The first kappa shape index (κ1) is 23.0. The van der Waals surface area contributed by atoms with E-state index in [-0.39, 0.29) is 17.2 Å². The fraction of sp³-hybridized carbons (Fsp3) is 0.185. The summed E-state index contributed by atoms with van der Waals surface area (Å²) in [5, 5.41) is 3.45. The third kappa shape index (κ3) is 4.78. The quantitative estimate of drug-likeness (QED) is 0.341. The molecule has 0 aliphatic heterocycles. The number of benzene rings is 3. The van der Waals surface area contributed by atoms with Crippen LogP contribution in [0.3, 0.4) is 0 Å². The Bertz CT molecular complexity index is 1370. The summed E-state index contributed by atoms with van der Waals surface area (Å²) in [6, 6.07) is 16.4. The maximum absolute atomic E-state index is 13.4. The van der Waals surface area contributed by atoms with Crippen LogP contribution >= 0.6 is 0 Å². The first-order valence-corrected chi connectivity index (χ1v) is 11.0. The molecule has 0 aliphatic carbocycles. The highest BCUT2D eigenvalue weighted by Gasteiger charge is 2.22. The molecule has 174 valence electrons. The number of furan rings is 1. The number of anilines is 1. The Labute approximate surface area is 196 Å². The maximum atomic E-state index is 13.4. The van der Waals surface area contributed by atoms with Crippen LogP contribution in [0.2, 0.25) is 0 Å². The normalized spacial score (nSPS) is 11.2. The fourth-order valence-corrected chi connectivity index (χ4v) is 3.85. The van der Waals surface area contributed by atoms with Crippen LogP contribution in [0.25, 0.3) is 22.3 Å². The van der Waals surface area contributed by atoms with Crippen molar-refractivity contribution < 1.29 is 18.4 Å². The number of nitrogen functional groups attached to an aromatic ring is 1. The molecule has 5 N–H and O–H groups in total. The molecule has 4 rings (SSSR count). The lowest BCUT2D eigenvalue weighted by Gasteiger charge is -2.10. The van der Waals surface area contributed by atoms with E-state index >= 15 is 0 Å². The molecule has 6 nitrogen and oxygen atoms in total. The molecule has 2 amide bonds. The Morgan fingerprint density at radius 2 is 1.79 bits per heavy atom. The highest BCUT2D eigenvalue weighted by molar-refractivity contribution is 6.11.